The molecule has 0 bridgehead atoms. The van der Waals surface area contributed by atoms with Gasteiger partial charge in [0.1, 0.15) is 10.2 Å². The quantitative estimate of drug-likeness (QED) is 0.943. The molecule has 18 heavy (non-hydrogen) atoms. The lowest BCUT2D eigenvalue weighted by Gasteiger charge is -2.08. The smallest absolute Gasteiger partial charge is 0.265 e. The van der Waals surface area contributed by atoms with Crippen LogP contribution in [0.25, 0.3) is 11.5 Å². The molecule has 0 aliphatic rings. The molecule has 2 aromatic heterocycles. The minimum atomic E-state index is -0.193. The molecule has 0 saturated heterocycles. The summed E-state index contributed by atoms with van der Waals surface area (Å²) < 4.78 is 0.490. The van der Waals surface area contributed by atoms with Crippen LogP contribution in [0.15, 0.2) is 27.9 Å². The zero-order valence-electron chi connectivity index (χ0n) is 10.1. The molecule has 0 radical (unpaired) electrons. The second-order valence-electron chi connectivity index (χ2n) is 4.36. The highest BCUT2D eigenvalue weighted by molar-refractivity contribution is 9.10. The Balaban J connectivity index is 2.51. The molecule has 0 aliphatic heterocycles. The van der Waals surface area contributed by atoms with Gasteiger partial charge in [-0.15, -0.1) is 0 Å². The summed E-state index contributed by atoms with van der Waals surface area (Å²) in [5, 5.41) is 0. The number of hydrogen-bond acceptors (Lipinski definition) is 4. The van der Waals surface area contributed by atoms with Crippen molar-refractivity contribution in [2.45, 2.75) is 20.3 Å². The van der Waals surface area contributed by atoms with Crippen LogP contribution in [0.1, 0.15) is 19.5 Å². The zero-order chi connectivity index (χ0) is 13.1. The normalized spacial score (nSPS) is 10.9. The molecule has 0 fully saturated rings. The summed E-state index contributed by atoms with van der Waals surface area (Å²) in [6.45, 7) is 4.16. The van der Waals surface area contributed by atoms with Crippen LogP contribution in [0.2, 0.25) is 0 Å². The van der Waals surface area contributed by atoms with Crippen LogP contribution in [-0.4, -0.2) is 19.9 Å². The highest BCUT2D eigenvalue weighted by Gasteiger charge is 2.12. The average molecular weight is 309 g/mol. The van der Waals surface area contributed by atoms with Crippen LogP contribution in [-0.2, 0) is 6.42 Å². The monoisotopic (exact) mass is 308 g/mol. The maximum Gasteiger partial charge on any atom is 0.265 e. The first kappa shape index (κ1) is 12.9. The molecule has 0 aromatic carbocycles. The van der Waals surface area contributed by atoms with Gasteiger partial charge in [0.15, 0.2) is 5.82 Å². The summed E-state index contributed by atoms with van der Waals surface area (Å²) in [5.41, 5.74) is 1.11. The molecule has 94 valence electrons. The number of halogens is 1. The Bertz CT molecular complexity index is 595. The molecular weight excluding hydrogens is 296 g/mol. The van der Waals surface area contributed by atoms with E-state index < -0.39 is 0 Å². The Labute approximate surface area is 113 Å². The Kier molecular flexibility index (Phi) is 3.86. The number of nitrogens with one attached hydrogen (secondary N) is 1. The van der Waals surface area contributed by atoms with Crippen molar-refractivity contribution in [3.05, 3.63) is 39.1 Å². The molecule has 2 rings (SSSR count). The van der Waals surface area contributed by atoms with Crippen molar-refractivity contribution in [1.82, 2.24) is 19.9 Å². The van der Waals surface area contributed by atoms with Crippen molar-refractivity contribution in [2.75, 3.05) is 0 Å². The van der Waals surface area contributed by atoms with Crippen molar-refractivity contribution in [1.29, 1.82) is 0 Å². The second kappa shape index (κ2) is 5.39. The molecule has 6 heteroatoms. The summed E-state index contributed by atoms with van der Waals surface area (Å²) in [7, 11) is 0. The van der Waals surface area contributed by atoms with Crippen LogP contribution < -0.4 is 5.56 Å². The second-order valence-corrected chi connectivity index (χ2v) is 5.16. The molecule has 0 spiro atoms. The number of H-pyrrole nitrogens is 1. The minimum Gasteiger partial charge on any atom is -0.304 e. The highest BCUT2D eigenvalue weighted by atomic mass is 79.9. The van der Waals surface area contributed by atoms with E-state index in [1.807, 2.05) is 0 Å². The van der Waals surface area contributed by atoms with E-state index in [0.29, 0.717) is 21.9 Å². The summed E-state index contributed by atoms with van der Waals surface area (Å²) in [4.78, 5) is 27.0. The highest BCUT2D eigenvalue weighted by Crippen LogP contribution is 2.17. The first-order valence-corrected chi connectivity index (χ1v) is 6.42. The molecule has 0 saturated carbocycles. The van der Waals surface area contributed by atoms with Crippen LogP contribution in [0.3, 0.4) is 0 Å². The Hall–Kier alpha value is -1.56. The van der Waals surface area contributed by atoms with Crippen molar-refractivity contribution in [3.63, 3.8) is 0 Å². The fraction of sp³-hybridized carbons (Fsp3) is 0.333. The van der Waals surface area contributed by atoms with Gasteiger partial charge >= 0.3 is 0 Å². The molecule has 2 aromatic rings. The SMILES string of the molecule is CC(C)Cc1nc(-c2cnccn2)[nH]c(=O)c1Br. The predicted octanol–water partition coefficient (Wildman–Crippen LogP) is 2.19. The van der Waals surface area contributed by atoms with Gasteiger partial charge in [0, 0.05) is 12.4 Å². The van der Waals surface area contributed by atoms with Gasteiger partial charge in [0.2, 0.25) is 0 Å². The van der Waals surface area contributed by atoms with Crippen molar-refractivity contribution in [3.8, 4) is 11.5 Å². The third-order valence-electron chi connectivity index (χ3n) is 2.34. The summed E-state index contributed by atoms with van der Waals surface area (Å²) in [6.07, 6.45) is 5.46. The molecule has 0 aliphatic carbocycles. The van der Waals surface area contributed by atoms with Crippen LogP contribution >= 0.6 is 15.9 Å². The van der Waals surface area contributed by atoms with Crippen LogP contribution in [0, 0.1) is 5.92 Å². The van der Waals surface area contributed by atoms with Gasteiger partial charge in [-0.3, -0.25) is 9.78 Å². The third-order valence-corrected chi connectivity index (χ3v) is 3.16. The van der Waals surface area contributed by atoms with Gasteiger partial charge in [0.05, 0.1) is 11.9 Å². The lowest BCUT2D eigenvalue weighted by Crippen LogP contribution is -2.15. The topological polar surface area (TPSA) is 71.5 Å². The number of rotatable bonds is 3. The standard InChI is InChI=1S/C12H13BrN4O/c1-7(2)5-8-10(13)12(18)17-11(16-8)9-6-14-3-4-15-9/h3-4,6-7H,5H2,1-2H3,(H,16,17,18). The van der Waals surface area contributed by atoms with E-state index >= 15 is 0 Å². The minimum absolute atomic E-state index is 0.193. The van der Waals surface area contributed by atoms with Gasteiger partial charge in [0.25, 0.3) is 5.56 Å². The van der Waals surface area contributed by atoms with E-state index in [1.54, 1.807) is 18.6 Å². The molecule has 0 atom stereocenters. The van der Waals surface area contributed by atoms with Gasteiger partial charge in [-0.25, -0.2) is 9.97 Å². The summed E-state index contributed by atoms with van der Waals surface area (Å²) in [6, 6.07) is 0. The first-order chi connectivity index (χ1) is 8.58. The van der Waals surface area contributed by atoms with E-state index in [2.05, 4.69) is 49.7 Å². The lowest BCUT2D eigenvalue weighted by molar-refractivity contribution is 0.631. The molecule has 0 unspecified atom stereocenters. The van der Waals surface area contributed by atoms with E-state index in [0.717, 1.165) is 12.1 Å². The first-order valence-electron chi connectivity index (χ1n) is 5.63. The van der Waals surface area contributed by atoms with Gasteiger partial charge in [-0.1, -0.05) is 13.8 Å². The van der Waals surface area contributed by atoms with Crippen molar-refractivity contribution >= 4 is 15.9 Å². The number of aromatic nitrogens is 4. The number of nitrogens with zero attached hydrogens (tertiary/aromatic N) is 3. The summed E-state index contributed by atoms with van der Waals surface area (Å²) >= 11 is 3.27. The lowest BCUT2D eigenvalue weighted by atomic mass is 10.1. The number of aromatic amines is 1. The van der Waals surface area contributed by atoms with Gasteiger partial charge in [-0.05, 0) is 28.3 Å². The molecule has 2 heterocycles. The summed E-state index contributed by atoms with van der Waals surface area (Å²) in [5.74, 6) is 0.872. The van der Waals surface area contributed by atoms with Crippen LogP contribution in [0.4, 0.5) is 0 Å². The molecule has 1 N–H and O–H groups in total. The fourth-order valence-electron chi connectivity index (χ4n) is 1.57. The van der Waals surface area contributed by atoms with E-state index in [1.165, 1.54) is 0 Å². The average Bonchev–Trinajstić information content (AvgIpc) is 2.35. The van der Waals surface area contributed by atoms with E-state index in [4.69, 9.17) is 0 Å². The van der Waals surface area contributed by atoms with Crippen molar-refractivity contribution in [2.24, 2.45) is 5.92 Å². The van der Waals surface area contributed by atoms with Gasteiger partial charge in [-0.2, -0.15) is 0 Å². The van der Waals surface area contributed by atoms with Gasteiger partial charge < -0.3 is 4.98 Å². The maximum absolute atomic E-state index is 11.8. The molecule has 0 amide bonds. The van der Waals surface area contributed by atoms with E-state index in [-0.39, 0.29) is 5.56 Å². The predicted molar refractivity (Wildman–Crippen MR) is 72.1 cm³/mol. The zero-order valence-corrected chi connectivity index (χ0v) is 11.7. The van der Waals surface area contributed by atoms with Crippen LogP contribution in [0.5, 0.6) is 0 Å². The third kappa shape index (κ3) is 2.81. The van der Waals surface area contributed by atoms with E-state index in [9.17, 15) is 4.79 Å². The Morgan fingerprint density at radius 3 is 2.78 bits per heavy atom. The maximum atomic E-state index is 11.8. The molecule has 5 nitrogen and oxygen atoms in total. The molecular formula is C12H13BrN4O. The largest absolute Gasteiger partial charge is 0.304 e. The Morgan fingerprint density at radius 1 is 1.39 bits per heavy atom. The Morgan fingerprint density at radius 2 is 2.17 bits per heavy atom. The van der Waals surface area contributed by atoms with Crippen molar-refractivity contribution < 1.29 is 0 Å². The fourth-order valence-corrected chi connectivity index (χ4v) is 1.92. The number of hydrogen-bond donors (Lipinski definition) is 1.